The maximum Gasteiger partial charge on any atom is 0.306 e. The van der Waals surface area contributed by atoms with Crippen molar-refractivity contribution >= 4 is 45.8 Å². The monoisotopic (exact) mass is 976 g/mol. The van der Waals surface area contributed by atoms with Gasteiger partial charge in [-0.05, 0) is 119 Å². The molecule has 12 nitrogen and oxygen atoms in total. The quantitative estimate of drug-likeness (QED) is 0.159. The van der Waals surface area contributed by atoms with Crippen molar-refractivity contribution in [2.45, 2.75) is 180 Å². The van der Waals surface area contributed by atoms with Crippen LogP contribution in [0.3, 0.4) is 0 Å². The van der Waals surface area contributed by atoms with E-state index in [1.165, 1.54) is 6.42 Å². The molecule has 0 spiro atoms. The molecule has 0 radical (unpaired) electrons. The van der Waals surface area contributed by atoms with Gasteiger partial charge in [0.15, 0.2) is 0 Å². The average molecular weight is 976 g/mol. The van der Waals surface area contributed by atoms with Crippen LogP contribution >= 0.6 is 0 Å². The van der Waals surface area contributed by atoms with Crippen molar-refractivity contribution in [3.63, 3.8) is 0 Å². The third-order valence-corrected chi connectivity index (χ3v) is 15.6. The molecule has 3 aliphatic carbocycles. The number of hydrogen-bond donors (Lipinski definition) is 2. The fourth-order valence-corrected chi connectivity index (χ4v) is 11.0. The molecule has 3 amide bonds. The Morgan fingerprint density at radius 2 is 0.986 bits per heavy atom. The van der Waals surface area contributed by atoms with Gasteiger partial charge in [0.25, 0.3) is 11.8 Å². The number of amides is 3. The molecule has 2 aromatic carbocycles. The molecule has 4 heterocycles. The number of fused-ring (bicyclic) bond motifs is 2. The van der Waals surface area contributed by atoms with Crippen LogP contribution in [0, 0.1) is 23.7 Å². The van der Waals surface area contributed by atoms with E-state index in [0.717, 1.165) is 46.6 Å². The van der Waals surface area contributed by atoms with Gasteiger partial charge in [0.05, 0.1) is 28.0 Å². The Hall–Kier alpha value is -5.02. The number of imidazole rings is 2. The van der Waals surface area contributed by atoms with Crippen LogP contribution in [0.15, 0.2) is 36.4 Å². The fraction of sp³-hybridized carbons (Fsp3) is 0.667. The molecule has 2 aliphatic heterocycles. The predicted molar refractivity (Wildman–Crippen MR) is 261 cm³/mol. The lowest BCUT2D eigenvalue weighted by Crippen LogP contribution is -2.47. The van der Waals surface area contributed by atoms with Crippen molar-refractivity contribution in [2.75, 3.05) is 26.2 Å². The Morgan fingerprint density at radius 3 is 1.33 bits per heavy atom. The standard InChI is InChI=1S/C29H40F2N4O2.C25H33F2N3O3/c1-28(2,3)27-33-23-17-21(7-8-24(23)35(27)18-19-9-13-29(30,31)14-10-19)26(37)34-15-11-20(12-16-34)25(36)32-22-5-4-6-22;1-24(2,3)23-28-19-14-18(21(31)29-12-8-17(9-13-29)22(32)33)4-5-20(19)30(23)15-16-6-10-25(26,27)11-7-16/h7-8,17,19-20,22H,4-6,9-16,18H2,1-3H3,(H,32,36);4-5,14,16-17H,6-13,15H2,1-3H3,(H,32,33). The molecule has 3 saturated carbocycles. The van der Waals surface area contributed by atoms with Crippen molar-refractivity contribution in [2.24, 2.45) is 23.7 Å². The highest BCUT2D eigenvalue weighted by molar-refractivity contribution is 5.98. The van der Waals surface area contributed by atoms with E-state index in [1.54, 1.807) is 11.0 Å². The van der Waals surface area contributed by atoms with Crippen molar-refractivity contribution in [1.29, 1.82) is 0 Å². The Kier molecular flexibility index (Phi) is 14.8. The zero-order chi connectivity index (χ0) is 50.3. The molecule has 5 fully saturated rings. The van der Waals surface area contributed by atoms with Crippen LogP contribution in [0.1, 0.15) is 170 Å². The van der Waals surface area contributed by atoms with Crippen molar-refractivity contribution < 1.29 is 41.8 Å². The fourth-order valence-electron chi connectivity index (χ4n) is 11.0. The summed E-state index contributed by atoms with van der Waals surface area (Å²) in [6.45, 7) is 15.9. The van der Waals surface area contributed by atoms with Crippen LogP contribution in [-0.2, 0) is 33.5 Å². The summed E-state index contributed by atoms with van der Waals surface area (Å²) in [7, 11) is 0. The summed E-state index contributed by atoms with van der Waals surface area (Å²) in [6, 6.07) is 11.5. The third kappa shape index (κ3) is 11.8. The molecule has 2 aromatic heterocycles. The highest BCUT2D eigenvalue weighted by Gasteiger charge is 2.38. The lowest BCUT2D eigenvalue weighted by Gasteiger charge is -2.33. The number of carbonyl (C=O) groups excluding carboxylic acids is 3. The zero-order valence-electron chi connectivity index (χ0n) is 42.0. The van der Waals surface area contributed by atoms with E-state index in [2.05, 4.69) is 56.0 Å². The topological polar surface area (TPSA) is 143 Å². The molecule has 0 bridgehead atoms. The minimum atomic E-state index is -2.55. The summed E-state index contributed by atoms with van der Waals surface area (Å²) < 4.78 is 59.0. The number of likely N-dealkylation sites (tertiary alicyclic amines) is 2. The van der Waals surface area contributed by atoms with Gasteiger partial charge in [0, 0.05) is 98.9 Å². The minimum Gasteiger partial charge on any atom is -0.481 e. The molecule has 382 valence electrons. The zero-order valence-corrected chi connectivity index (χ0v) is 42.0. The van der Waals surface area contributed by atoms with E-state index in [9.17, 15) is 41.8 Å². The molecule has 2 N–H and O–H groups in total. The number of aliphatic carboxylic acids is 1. The molecule has 16 heteroatoms. The average Bonchev–Trinajstić information content (AvgIpc) is 3.86. The highest BCUT2D eigenvalue weighted by atomic mass is 19.3. The number of alkyl halides is 4. The Morgan fingerprint density at radius 1 is 0.600 bits per heavy atom. The number of carbonyl (C=O) groups is 4. The van der Waals surface area contributed by atoms with Crippen LogP contribution in [-0.4, -0.2) is 102 Å². The Bertz CT molecular complexity index is 2540. The largest absolute Gasteiger partial charge is 0.481 e. The number of piperidine rings is 2. The van der Waals surface area contributed by atoms with Gasteiger partial charge in [0.1, 0.15) is 11.6 Å². The van der Waals surface area contributed by atoms with Crippen molar-refractivity contribution in [1.82, 2.24) is 34.2 Å². The van der Waals surface area contributed by atoms with Crippen LogP contribution < -0.4 is 5.32 Å². The van der Waals surface area contributed by atoms with Gasteiger partial charge in [0.2, 0.25) is 17.8 Å². The van der Waals surface area contributed by atoms with Gasteiger partial charge in [-0.1, -0.05) is 41.5 Å². The summed E-state index contributed by atoms with van der Waals surface area (Å²) in [6.07, 6.45) is 7.46. The van der Waals surface area contributed by atoms with Crippen LogP contribution in [0.4, 0.5) is 17.6 Å². The number of hydrogen-bond acceptors (Lipinski definition) is 6. The van der Waals surface area contributed by atoms with E-state index in [0.29, 0.717) is 108 Å². The predicted octanol–water partition coefficient (Wildman–Crippen LogP) is 10.8. The second-order valence-corrected chi connectivity index (χ2v) is 23.2. The maximum absolute atomic E-state index is 13.7. The van der Waals surface area contributed by atoms with Gasteiger partial charge < -0.3 is 29.4 Å². The lowest BCUT2D eigenvalue weighted by atomic mass is 9.86. The van der Waals surface area contributed by atoms with Crippen molar-refractivity contribution in [3.05, 3.63) is 59.2 Å². The number of rotatable bonds is 9. The van der Waals surface area contributed by atoms with Gasteiger partial charge in [-0.25, -0.2) is 27.5 Å². The van der Waals surface area contributed by atoms with Gasteiger partial charge >= 0.3 is 5.97 Å². The minimum absolute atomic E-state index is 0.0168. The second-order valence-electron chi connectivity index (χ2n) is 23.2. The molecular formula is C54H73F4N7O5. The van der Waals surface area contributed by atoms with Crippen LogP contribution in [0.5, 0.6) is 0 Å². The number of halogens is 4. The first-order chi connectivity index (χ1) is 32.9. The summed E-state index contributed by atoms with van der Waals surface area (Å²) >= 11 is 0. The first-order valence-electron chi connectivity index (χ1n) is 25.8. The van der Waals surface area contributed by atoms with E-state index >= 15 is 0 Å². The van der Waals surface area contributed by atoms with E-state index < -0.39 is 17.8 Å². The number of carboxylic acid groups (broad SMARTS) is 1. The number of carboxylic acids is 1. The summed E-state index contributed by atoms with van der Waals surface area (Å²) in [4.78, 5) is 63.5. The van der Waals surface area contributed by atoms with Crippen LogP contribution in [0.2, 0.25) is 0 Å². The summed E-state index contributed by atoms with van der Waals surface area (Å²) in [5.74, 6) is -4.10. The molecule has 9 rings (SSSR count). The molecule has 0 unspecified atom stereocenters. The van der Waals surface area contributed by atoms with E-state index in [-0.39, 0.29) is 77.9 Å². The first-order valence-corrected chi connectivity index (χ1v) is 25.8. The summed E-state index contributed by atoms with van der Waals surface area (Å²) in [5.41, 5.74) is 4.05. The molecule has 4 aromatic rings. The first kappa shape index (κ1) is 51.3. The number of nitrogens with one attached hydrogen (secondary N) is 1. The molecule has 2 saturated heterocycles. The molecule has 0 atom stereocenters. The lowest BCUT2D eigenvalue weighted by molar-refractivity contribution is -0.143. The smallest absolute Gasteiger partial charge is 0.306 e. The Balaban J connectivity index is 0.000000190. The SMILES string of the molecule is CC(C)(C)c1nc2cc(C(=O)N3CCC(C(=O)NC4CCC4)CC3)ccc2n1CC1CCC(F)(F)CC1.CC(C)(C)c1nc2cc(C(=O)N3CCC(C(=O)O)CC3)ccc2n1CC1CCC(F)(F)CC1. The molecular weight excluding hydrogens is 903 g/mol. The van der Waals surface area contributed by atoms with E-state index in [4.69, 9.17) is 9.97 Å². The number of aromatic nitrogens is 4. The molecule has 5 aliphatic rings. The third-order valence-electron chi connectivity index (χ3n) is 15.6. The number of nitrogens with zero attached hydrogens (tertiary/aromatic N) is 6. The molecule has 70 heavy (non-hydrogen) atoms. The van der Waals surface area contributed by atoms with E-state index in [1.807, 2.05) is 35.2 Å². The number of benzene rings is 2. The highest BCUT2D eigenvalue weighted by Crippen LogP contribution is 2.40. The van der Waals surface area contributed by atoms with Gasteiger partial charge in [-0.15, -0.1) is 0 Å². The van der Waals surface area contributed by atoms with Crippen molar-refractivity contribution in [3.8, 4) is 0 Å². The maximum atomic E-state index is 13.7. The van der Waals surface area contributed by atoms with Gasteiger partial charge in [-0.3, -0.25) is 19.2 Å². The second kappa shape index (κ2) is 20.2. The Labute approximate surface area is 409 Å². The van der Waals surface area contributed by atoms with Crippen LogP contribution in [0.25, 0.3) is 22.1 Å². The normalized spacial score (nSPS) is 21.1. The summed E-state index contributed by atoms with van der Waals surface area (Å²) in [5, 5.41) is 12.3. The van der Waals surface area contributed by atoms with Gasteiger partial charge in [-0.2, -0.15) is 0 Å².